The average molecular weight is 443 g/mol. The molecule has 0 aliphatic rings. The lowest BCUT2D eigenvalue weighted by molar-refractivity contribution is 0.0470. The van der Waals surface area contributed by atoms with Crippen LogP contribution in [0.3, 0.4) is 0 Å². The molecule has 3 rings (SSSR count). The summed E-state index contributed by atoms with van der Waals surface area (Å²) in [5.74, 6) is -0.966. The molecule has 6 heteroatoms. The molecule has 28 heavy (non-hydrogen) atoms. The van der Waals surface area contributed by atoms with Crippen LogP contribution in [0.25, 0.3) is 0 Å². The van der Waals surface area contributed by atoms with E-state index in [1.807, 2.05) is 0 Å². The molecule has 0 fully saturated rings. The monoisotopic (exact) mass is 442 g/mol. The Hall–Kier alpha value is -2.99. The zero-order chi connectivity index (χ0) is 19.9. The highest BCUT2D eigenvalue weighted by Gasteiger charge is 2.16. The van der Waals surface area contributed by atoms with Crippen molar-refractivity contribution in [2.75, 3.05) is 6.61 Å². The van der Waals surface area contributed by atoms with E-state index in [0.717, 1.165) is 10.0 Å². The van der Waals surface area contributed by atoms with E-state index in [9.17, 15) is 14.0 Å². The first-order valence-corrected chi connectivity index (χ1v) is 9.24. The van der Waals surface area contributed by atoms with Crippen LogP contribution in [-0.2, 0) is 11.3 Å². The van der Waals surface area contributed by atoms with Gasteiger partial charge in [-0.2, -0.15) is 0 Å². The lowest BCUT2D eigenvalue weighted by Crippen LogP contribution is -2.15. The molecule has 0 bridgehead atoms. The van der Waals surface area contributed by atoms with E-state index in [4.69, 9.17) is 9.47 Å². The summed E-state index contributed by atoms with van der Waals surface area (Å²) >= 11 is 3.30. The fourth-order valence-electron chi connectivity index (χ4n) is 2.46. The zero-order valence-electron chi connectivity index (χ0n) is 14.7. The Labute approximate surface area is 170 Å². The van der Waals surface area contributed by atoms with E-state index in [1.54, 1.807) is 60.7 Å². The maximum absolute atomic E-state index is 13.0. The molecule has 142 valence electrons. The molecule has 0 saturated carbocycles. The Morgan fingerprint density at radius 2 is 1.68 bits per heavy atom. The molecule has 3 aromatic carbocycles. The Morgan fingerprint density at radius 3 is 2.43 bits per heavy atom. The number of hydrogen-bond donors (Lipinski definition) is 0. The van der Waals surface area contributed by atoms with E-state index >= 15 is 0 Å². The average Bonchev–Trinajstić information content (AvgIpc) is 2.71. The number of ether oxygens (including phenoxy) is 2. The minimum Gasteiger partial charge on any atom is -0.488 e. The Bertz CT molecular complexity index is 986. The van der Waals surface area contributed by atoms with Gasteiger partial charge in [-0.1, -0.05) is 52.3 Å². The van der Waals surface area contributed by atoms with E-state index in [-0.39, 0.29) is 30.4 Å². The van der Waals surface area contributed by atoms with Gasteiger partial charge in [0.15, 0.2) is 12.4 Å². The van der Waals surface area contributed by atoms with Gasteiger partial charge in [0.25, 0.3) is 0 Å². The lowest BCUT2D eigenvalue weighted by Gasteiger charge is -2.11. The second-order valence-electron chi connectivity index (χ2n) is 5.92. The summed E-state index contributed by atoms with van der Waals surface area (Å²) in [6.07, 6.45) is 0. The van der Waals surface area contributed by atoms with Crippen LogP contribution in [-0.4, -0.2) is 18.4 Å². The molecule has 3 aromatic rings. The van der Waals surface area contributed by atoms with Gasteiger partial charge in [0.2, 0.25) is 0 Å². The van der Waals surface area contributed by atoms with Crippen LogP contribution in [0.5, 0.6) is 5.75 Å². The van der Waals surface area contributed by atoms with Crippen molar-refractivity contribution in [3.05, 3.63) is 99.8 Å². The predicted molar refractivity (Wildman–Crippen MR) is 106 cm³/mol. The molecule has 0 heterocycles. The molecule has 4 nitrogen and oxygen atoms in total. The van der Waals surface area contributed by atoms with Gasteiger partial charge in [-0.3, -0.25) is 4.79 Å². The van der Waals surface area contributed by atoms with Gasteiger partial charge in [-0.05, 0) is 42.0 Å². The van der Waals surface area contributed by atoms with Gasteiger partial charge in [-0.15, -0.1) is 0 Å². The first-order valence-electron chi connectivity index (χ1n) is 8.45. The smallest absolute Gasteiger partial charge is 0.342 e. The quantitative estimate of drug-likeness (QED) is 0.372. The summed E-state index contributed by atoms with van der Waals surface area (Å²) in [4.78, 5) is 24.6. The lowest BCUT2D eigenvalue weighted by atomic mass is 10.1. The molecule has 0 N–H and O–H groups in total. The highest BCUT2D eigenvalue weighted by molar-refractivity contribution is 9.10. The highest BCUT2D eigenvalue weighted by Crippen LogP contribution is 2.21. The largest absolute Gasteiger partial charge is 0.488 e. The SMILES string of the molecule is O=C(COC(=O)c1ccccc1OCc1ccc(F)cc1)c1cccc(Br)c1. The van der Waals surface area contributed by atoms with Crippen molar-refractivity contribution < 1.29 is 23.5 Å². The number of hydrogen-bond acceptors (Lipinski definition) is 4. The van der Waals surface area contributed by atoms with Gasteiger partial charge in [0, 0.05) is 10.0 Å². The second-order valence-corrected chi connectivity index (χ2v) is 6.84. The third-order valence-corrected chi connectivity index (χ3v) is 4.39. The first kappa shape index (κ1) is 19.8. The number of Topliss-reactive ketones (excluding diaryl/α,β-unsaturated/α-hetero) is 1. The number of rotatable bonds is 7. The number of halogens is 2. The summed E-state index contributed by atoms with van der Waals surface area (Å²) < 4.78 is 24.6. The summed E-state index contributed by atoms with van der Waals surface area (Å²) in [6, 6.07) is 19.3. The van der Waals surface area contributed by atoms with Crippen molar-refractivity contribution in [2.45, 2.75) is 6.61 Å². The third kappa shape index (κ3) is 5.27. The molecule has 0 saturated heterocycles. The normalized spacial score (nSPS) is 10.4. The van der Waals surface area contributed by atoms with Gasteiger partial charge >= 0.3 is 5.97 Å². The van der Waals surface area contributed by atoms with Crippen LogP contribution in [0.2, 0.25) is 0 Å². The van der Waals surface area contributed by atoms with Crippen molar-refractivity contribution in [3.8, 4) is 5.75 Å². The standard InChI is InChI=1S/C22H16BrFO4/c23-17-5-3-4-16(12-17)20(25)14-28-22(26)19-6-1-2-7-21(19)27-13-15-8-10-18(24)11-9-15/h1-12H,13-14H2. The third-order valence-electron chi connectivity index (χ3n) is 3.90. The molecule has 0 amide bonds. The number of benzene rings is 3. The zero-order valence-corrected chi connectivity index (χ0v) is 16.3. The number of esters is 1. The molecule has 0 unspecified atom stereocenters. The van der Waals surface area contributed by atoms with E-state index in [1.165, 1.54) is 12.1 Å². The van der Waals surface area contributed by atoms with Crippen LogP contribution >= 0.6 is 15.9 Å². The first-order chi connectivity index (χ1) is 13.5. The molecule has 0 atom stereocenters. The van der Waals surface area contributed by atoms with Gasteiger partial charge in [0.1, 0.15) is 23.7 Å². The minimum absolute atomic E-state index is 0.168. The number of ketones is 1. The van der Waals surface area contributed by atoms with Gasteiger partial charge in [-0.25, -0.2) is 9.18 Å². The Balaban J connectivity index is 1.63. The van der Waals surface area contributed by atoms with E-state index in [2.05, 4.69) is 15.9 Å². The molecule has 0 aliphatic carbocycles. The summed E-state index contributed by atoms with van der Waals surface area (Å²) in [5, 5.41) is 0. The summed E-state index contributed by atoms with van der Waals surface area (Å²) in [7, 11) is 0. The van der Waals surface area contributed by atoms with Crippen molar-refractivity contribution in [1.82, 2.24) is 0 Å². The molecule has 0 radical (unpaired) electrons. The molecule has 0 aliphatic heterocycles. The van der Waals surface area contributed by atoms with E-state index < -0.39 is 5.97 Å². The second kappa shape index (κ2) is 9.28. The maximum Gasteiger partial charge on any atom is 0.342 e. The van der Waals surface area contributed by atoms with Crippen LogP contribution in [0.4, 0.5) is 4.39 Å². The van der Waals surface area contributed by atoms with Crippen molar-refractivity contribution >= 4 is 27.7 Å². The van der Waals surface area contributed by atoms with E-state index in [0.29, 0.717) is 11.3 Å². The summed E-state index contributed by atoms with van der Waals surface area (Å²) in [6.45, 7) is -0.205. The van der Waals surface area contributed by atoms with Crippen molar-refractivity contribution in [3.63, 3.8) is 0 Å². The highest BCUT2D eigenvalue weighted by atomic mass is 79.9. The Morgan fingerprint density at radius 1 is 0.929 bits per heavy atom. The van der Waals surface area contributed by atoms with Crippen LogP contribution in [0.1, 0.15) is 26.3 Å². The van der Waals surface area contributed by atoms with Gasteiger partial charge < -0.3 is 9.47 Å². The van der Waals surface area contributed by atoms with Crippen molar-refractivity contribution in [1.29, 1.82) is 0 Å². The minimum atomic E-state index is -0.655. The predicted octanol–water partition coefficient (Wildman–Crippen LogP) is 5.21. The van der Waals surface area contributed by atoms with Gasteiger partial charge in [0.05, 0.1) is 0 Å². The fourth-order valence-corrected chi connectivity index (χ4v) is 2.86. The molecular weight excluding hydrogens is 427 g/mol. The van der Waals surface area contributed by atoms with Crippen molar-refractivity contribution in [2.24, 2.45) is 0 Å². The van der Waals surface area contributed by atoms with Crippen LogP contribution in [0.15, 0.2) is 77.3 Å². The van der Waals surface area contributed by atoms with Crippen LogP contribution < -0.4 is 4.74 Å². The molecule has 0 aromatic heterocycles. The number of carbonyl (C=O) groups is 2. The Kier molecular flexibility index (Phi) is 6.55. The maximum atomic E-state index is 13.0. The number of carbonyl (C=O) groups excluding carboxylic acids is 2. The number of para-hydroxylation sites is 1. The molecule has 0 spiro atoms. The van der Waals surface area contributed by atoms with Crippen LogP contribution in [0, 0.1) is 5.82 Å². The molecular formula is C22H16BrFO4. The topological polar surface area (TPSA) is 52.6 Å². The summed E-state index contributed by atoms with van der Waals surface area (Å²) in [5.41, 5.74) is 1.42. The fraction of sp³-hybridized carbons (Fsp3) is 0.0909.